The summed E-state index contributed by atoms with van der Waals surface area (Å²) >= 11 is 0. The van der Waals surface area contributed by atoms with E-state index >= 15 is 0 Å². The Morgan fingerprint density at radius 1 is 0.269 bits per heavy atom. The molecular formula is C24H20N2. The van der Waals surface area contributed by atoms with Crippen molar-refractivity contribution < 1.29 is 0 Å². The van der Waals surface area contributed by atoms with E-state index in [0.717, 1.165) is 22.7 Å². The molecule has 0 amide bonds. The number of hydrazine groups is 1. The first-order valence-electron chi connectivity index (χ1n) is 8.74. The summed E-state index contributed by atoms with van der Waals surface area (Å²) in [6, 6.07) is 41.8. The van der Waals surface area contributed by atoms with Gasteiger partial charge in [0.1, 0.15) is 0 Å². The molecule has 126 valence electrons. The first kappa shape index (κ1) is 16.0. The summed E-state index contributed by atoms with van der Waals surface area (Å²) < 4.78 is 0. The molecule has 2 nitrogen and oxygen atoms in total. The fourth-order valence-corrected chi connectivity index (χ4v) is 3.04. The summed E-state index contributed by atoms with van der Waals surface area (Å²) in [4.78, 5) is 0. The van der Waals surface area contributed by atoms with Gasteiger partial charge in [-0.15, -0.1) is 0 Å². The number of anilines is 4. The van der Waals surface area contributed by atoms with Crippen LogP contribution >= 0.6 is 0 Å². The third-order valence-corrected chi connectivity index (χ3v) is 4.20. The van der Waals surface area contributed by atoms with Gasteiger partial charge in [-0.05, 0) is 48.5 Å². The quantitative estimate of drug-likeness (QED) is 0.380. The average Bonchev–Trinajstić information content (AvgIpc) is 2.74. The van der Waals surface area contributed by atoms with E-state index < -0.39 is 0 Å². The maximum Gasteiger partial charge on any atom is 0.0636 e. The number of hydrogen-bond donors (Lipinski definition) is 0. The van der Waals surface area contributed by atoms with Gasteiger partial charge in [-0.2, -0.15) is 0 Å². The monoisotopic (exact) mass is 336 g/mol. The highest BCUT2D eigenvalue weighted by Gasteiger charge is 2.20. The number of rotatable bonds is 5. The van der Waals surface area contributed by atoms with E-state index in [0.29, 0.717) is 0 Å². The third-order valence-electron chi connectivity index (χ3n) is 4.20. The molecule has 4 rings (SSSR count). The summed E-state index contributed by atoms with van der Waals surface area (Å²) in [5, 5.41) is 4.48. The summed E-state index contributed by atoms with van der Waals surface area (Å²) in [6.07, 6.45) is 0. The normalized spacial score (nSPS) is 10.3. The molecule has 0 aliphatic rings. The van der Waals surface area contributed by atoms with Crippen LogP contribution in [0.3, 0.4) is 0 Å². The Bertz CT molecular complexity index is 763. The van der Waals surface area contributed by atoms with Crippen LogP contribution in [0.1, 0.15) is 0 Å². The fourth-order valence-electron chi connectivity index (χ4n) is 3.04. The van der Waals surface area contributed by atoms with Crippen molar-refractivity contribution in [3.63, 3.8) is 0 Å². The lowest BCUT2D eigenvalue weighted by atomic mass is 10.2. The predicted molar refractivity (Wildman–Crippen MR) is 110 cm³/mol. The Morgan fingerprint density at radius 2 is 0.462 bits per heavy atom. The molecule has 0 saturated carbocycles. The van der Waals surface area contributed by atoms with Gasteiger partial charge in [-0.3, -0.25) is 0 Å². The molecule has 2 heteroatoms. The van der Waals surface area contributed by atoms with Gasteiger partial charge in [0.05, 0.1) is 22.7 Å². The Hall–Kier alpha value is -3.52. The highest BCUT2D eigenvalue weighted by Crippen LogP contribution is 2.35. The van der Waals surface area contributed by atoms with Crippen molar-refractivity contribution in [1.29, 1.82) is 0 Å². The Kier molecular flexibility index (Phi) is 4.66. The van der Waals surface area contributed by atoms with Crippen LogP contribution in [0.5, 0.6) is 0 Å². The molecule has 0 heterocycles. The highest BCUT2D eigenvalue weighted by molar-refractivity contribution is 5.77. The molecule has 0 bridgehead atoms. The van der Waals surface area contributed by atoms with E-state index in [2.05, 4.69) is 107 Å². The van der Waals surface area contributed by atoms with Crippen molar-refractivity contribution >= 4 is 22.7 Å². The van der Waals surface area contributed by atoms with Crippen LogP contribution in [-0.4, -0.2) is 0 Å². The fraction of sp³-hybridized carbons (Fsp3) is 0. The smallest absolute Gasteiger partial charge is 0.0636 e. The van der Waals surface area contributed by atoms with Crippen LogP contribution in [0.15, 0.2) is 121 Å². The first-order chi connectivity index (χ1) is 12.9. The van der Waals surface area contributed by atoms with Gasteiger partial charge in [0.15, 0.2) is 0 Å². The van der Waals surface area contributed by atoms with Crippen LogP contribution < -0.4 is 10.0 Å². The maximum atomic E-state index is 2.24. The van der Waals surface area contributed by atoms with Gasteiger partial charge in [-0.1, -0.05) is 72.8 Å². The Morgan fingerprint density at radius 3 is 0.654 bits per heavy atom. The second kappa shape index (κ2) is 7.58. The first-order valence-corrected chi connectivity index (χ1v) is 8.74. The van der Waals surface area contributed by atoms with Gasteiger partial charge < -0.3 is 0 Å². The lowest BCUT2D eigenvalue weighted by Gasteiger charge is -2.38. The average molecular weight is 336 g/mol. The molecule has 4 aromatic carbocycles. The minimum absolute atomic E-state index is 1.10. The van der Waals surface area contributed by atoms with E-state index in [1.165, 1.54) is 0 Å². The minimum Gasteiger partial charge on any atom is -0.249 e. The second-order valence-corrected chi connectivity index (χ2v) is 5.97. The van der Waals surface area contributed by atoms with Gasteiger partial charge in [0.2, 0.25) is 0 Å². The zero-order valence-electron chi connectivity index (χ0n) is 14.4. The molecular weight excluding hydrogens is 316 g/mol. The van der Waals surface area contributed by atoms with Gasteiger partial charge >= 0.3 is 0 Å². The minimum atomic E-state index is 1.10. The van der Waals surface area contributed by atoms with Crippen LogP contribution in [-0.2, 0) is 0 Å². The Balaban J connectivity index is 1.93. The molecule has 0 atom stereocenters. The highest BCUT2D eigenvalue weighted by atomic mass is 15.6. The predicted octanol–water partition coefficient (Wildman–Crippen LogP) is 6.58. The van der Waals surface area contributed by atoms with Crippen molar-refractivity contribution in [1.82, 2.24) is 0 Å². The SMILES string of the molecule is c1ccc(N(c2ccccc2)N(c2ccccc2)c2ccccc2)cc1. The van der Waals surface area contributed by atoms with Crippen molar-refractivity contribution in [3.8, 4) is 0 Å². The van der Waals surface area contributed by atoms with Crippen molar-refractivity contribution in [2.45, 2.75) is 0 Å². The van der Waals surface area contributed by atoms with E-state index in [1.54, 1.807) is 0 Å². The van der Waals surface area contributed by atoms with E-state index in [9.17, 15) is 0 Å². The number of hydrogen-bond acceptors (Lipinski definition) is 2. The third kappa shape index (κ3) is 3.31. The molecule has 0 aromatic heterocycles. The van der Waals surface area contributed by atoms with Crippen molar-refractivity contribution in [2.75, 3.05) is 10.0 Å². The molecule has 26 heavy (non-hydrogen) atoms. The molecule has 0 spiro atoms. The van der Waals surface area contributed by atoms with E-state index in [4.69, 9.17) is 0 Å². The zero-order chi connectivity index (χ0) is 17.6. The van der Waals surface area contributed by atoms with Crippen LogP contribution in [0, 0.1) is 0 Å². The molecule has 0 radical (unpaired) electrons. The van der Waals surface area contributed by atoms with E-state index in [-0.39, 0.29) is 0 Å². The summed E-state index contributed by atoms with van der Waals surface area (Å²) in [5.41, 5.74) is 4.41. The van der Waals surface area contributed by atoms with Crippen LogP contribution in [0.2, 0.25) is 0 Å². The molecule has 0 aliphatic carbocycles. The van der Waals surface area contributed by atoms with Crippen LogP contribution in [0.4, 0.5) is 22.7 Å². The maximum absolute atomic E-state index is 2.24. The zero-order valence-corrected chi connectivity index (χ0v) is 14.4. The van der Waals surface area contributed by atoms with Crippen LogP contribution in [0.25, 0.3) is 0 Å². The molecule has 4 aromatic rings. The molecule has 0 saturated heterocycles. The molecule has 0 fully saturated rings. The number of benzene rings is 4. The topological polar surface area (TPSA) is 6.48 Å². The standard InChI is InChI=1S/C24H20N2/c1-5-13-21(14-6-1)25(22-15-7-2-8-16-22)26(23-17-9-3-10-18-23)24-19-11-4-12-20-24/h1-20H. The molecule has 0 aliphatic heterocycles. The second-order valence-electron chi connectivity index (χ2n) is 5.97. The van der Waals surface area contributed by atoms with Gasteiger partial charge in [-0.25, -0.2) is 10.0 Å². The lowest BCUT2D eigenvalue weighted by molar-refractivity contribution is 0.990. The van der Waals surface area contributed by atoms with E-state index in [1.807, 2.05) is 24.3 Å². The largest absolute Gasteiger partial charge is 0.249 e. The number of nitrogens with zero attached hydrogens (tertiary/aromatic N) is 2. The summed E-state index contributed by atoms with van der Waals surface area (Å²) in [5.74, 6) is 0. The Labute approximate surface area is 154 Å². The lowest BCUT2D eigenvalue weighted by Crippen LogP contribution is -2.35. The summed E-state index contributed by atoms with van der Waals surface area (Å²) in [6.45, 7) is 0. The molecule has 0 unspecified atom stereocenters. The number of para-hydroxylation sites is 4. The van der Waals surface area contributed by atoms with Gasteiger partial charge in [0.25, 0.3) is 0 Å². The van der Waals surface area contributed by atoms with Crippen molar-refractivity contribution in [2.24, 2.45) is 0 Å². The molecule has 0 N–H and O–H groups in total. The van der Waals surface area contributed by atoms with Crippen molar-refractivity contribution in [3.05, 3.63) is 121 Å². The summed E-state index contributed by atoms with van der Waals surface area (Å²) in [7, 11) is 0. The van der Waals surface area contributed by atoms with Gasteiger partial charge in [0, 0.05) is 0 Å².